The van der Waals surface area contributed by atoms with Gasteiger partial charge in [-0.15, -0.1) is 0 Å². The molecule has 3 heteroatoms. The number of hydrogen-bond acceptors (Lipinski definition) is 2. The van der Waals surface area contributed by atoms with E-state index in [1.54, 1.807) is 0 Å². The highest BCUT2D eigenvalue weighted by atomic mass is 16.2. The summed E-state index contributed by atoms with van der Waals surface area (Å²) in [5, 5.41) is 0. The third kappa shape index (κ3) is 3.66. The molecule has 0 radical (unpaired) electrons. The van der Waals surface area contributed by atoms with E-state index in [1.807, 2.05) is 49.1 Å². The minimum Gasteiger partial charge on any atom is -0.337 e. The van der Waals surface area contributed by atoms with Crippen LogP contribution >= 0.6 is 0 Å². The number of rotatable bonds is 5. The van der Waals surface area contributed by atoms with Crippen molar-refractivity contribution >= 4 is 5.91 Å². The number of carbonyl (C=O) groups excluding carboxylic acids is 1. The smallest absolute Gasteiger partial charge is 0.225 e. The van der Waals surface area contributed by atoms with Crippen LogP contribution in [0.25, 0.3) is 0 Å². The van der Waals surface area contributed by atoms with Crippen molar-refractivity contribution in [2.45, 2.75) is 20.4 Å². The first-order valence-electron chi connectivity index (χ1n) is 5.68. The van der Waals surface area contributed by atoms with Gasteiger partial charge in [0.1, 0.15) is 0 Å². The van der Waals surface area contributed by atoms with Gasteiger partial charge in [-0.05, 0) is 5.56 Å². The third-order valence-corrected chi connectivity index (χ3v) is 2.42. The molecular formula is C13H20N2O. The Bertz CT molecular complexity index is 322. The molecule has 2 N–H and O–H groups in total. The summed E-state index contributed by atoms with van der Waals surface area (Å²) >= 11 is 0. The molecule has 16 heavy (non-hydrogen) atoms. The van der Waals surface area contributed by atoms with E-state index in [-0.39, 0.29) is 11.8 Å². The van der Waals surface area contributed by atoms with E-state index < -0.39 is 0 Å². The molecule has 0 atom stereocenters. The molecule has 1 rings (SSSR count). The highest BCUT2D eigenvalue weighted by molar-refractivity contribution is 5.78. The first-order valence-corrected chi connectivity index (χ1v) is 5.68. The van der Waals surface area contributed by atoms with Crippen LogP contribution < -0.4 is 5.73 Å². The van der Waals surface area contributed by atoms with Crippen LogP contribution in [0.5, 0.6) is 0 Å². The molecule has 0 spiro atoms. The Hall–Kier alpha value is -1.35. The lowest BCUT2D eigenvalue weighted by Gasteiger charge is -2.24. The summed E-state index contributed by atoms with van der Waals surface area (Å²) in [5.74, 6) is 0.185. The van der Waals surface area contributed by atoms with Crippen molar-refractivity contribution < 1.29 is 4.79 Å². The van der Waals surface area contributed by atoms with E-state index in [4.69, 9.17) is 5.73 Å². The molecule has 0 aromatic heterocycles. The predicted octanol–water partition coefficient (Wildman–Crippen LogP) is 1.63. The van der Waals surface area contributed by atoms with Gasteiger partial charge in [-0.1, -0.05) is 44.2 Å². The van der Waals surface area contributed by atoms with Crippen molar-refractivity contribution in [2.24, 2.45) is 11.7 Å². The highest BCUT2D eigenvalue weighted by Crippen LogP contribution is 2.08. The van der Waals surface area contributed by atoms with Gasteiger partial charge in [-0.25, -0.2) is 0 Å². The van der Waals surface area contributed by atoms with Gasteiger partial charge >= 0.3 is 0 Å². The molecule has 88 valence electrons. The second-order valence-electron chi connectivity index (χ2n) is 4.19. The average Bonchev–Trinajstić information content (AvgIpc) is 2.29. The van der Waals surface area contributed by atoms with E-state index in [2.05, 4.69) is 0 Å². The fourth-order valence-corrected chi connectivity index (χ4v) is 1.59. The van der Waals surface area contributed by atoms with Crippen LogP contribution in [0.15, 0.2) is 30.3 Å². The van der Waals surface area contributed by atoms with Crippen LogP contribution in [0.3, 0.4) is 0 Å². The zero-order valence-corrected chi connectivity index (χ0v) is 10.0. The van der Waals surface area contributed by atoms with Crippen LogP contribution in [0.4, 0.5) is 0 Å². The second-order valence-corrected chi connectivity index (χ2v) is 4.19. The molecule has 0 aliphatic rings. The Balaban J connectivity index is 2.68. The molecule has 0 unspecified atom stereocenters. The molecule has 0 bridgehead atoms. The Morgan fingerprint density at radius 1 is 1.31 bits per heavy atom. The molecular weight excluding hydrogens is 200 g/mol. The van der Waals surface area contributed by atoms with Gasteiger partial charge in [-0.2, -0.15) is 0 Å². The molecule has 1 amide bonds. The molecule has 0 heterocycles. The molecule has 0 fully saturated rings. The minimum atomic E-state index is 0.0234. The van der Waals surface area contributed by atoms with Crippen LogP contribution in [0.1, 0.15) is 19.4 Å². The summed E-state index contributed by atoms with van der Waals surface area (Å²) in [5.41, 5.74) is 6.67. The highest BCUT2D eigenvalue weighted by Gasteiger charge is 2.16. The maximum absolute atomic E-state index is 11.9. The number of hydrogen-bond donors (Lipinski definition) is 1. The molecule has 0 saturated heterocycles. The Morgan fingerprint density at radius 2 is 1.94 bits per heavy atom. The standard InChI is InChI=1S/C13H20N2O/c1-11(2)13(16)15(9-8-14)10-12-6-4-3-5-7-12/h3-7,11H,8-10,14H2,1-2H3. The number of nitrogens with zero attached hydrogens (tertiary/aromatic N) is 1. The topological polar surface area (TPSA) is 46.3 Å². The van der Waals surface area contributed by atoms with Crippen molar-refractivity contribution in [3.63, 3.8) is 0 Å². The Morgan fingerprint density at radius 3 is 2.44 bits per heavy atom. The molecule has 3 nitrogen and oxygen atoms in total. The van der Waals surface area contributed by atoms with Gasteiger partial charge in [0.25, 0.3) is 0 Å². The van der Waals surface area contributed by atoms with E-state index in [1.165, 1.54) is 0 Å². The van der Waals surface area contributed by atoms with E-state index >= 15 is 0 Å². The van der Waals surface area contributed by atoms with Crippen molar-refractivity contribution in [1.82, 2.24) is 4.90 Å². The quantitative estimate of drug-likeness (QED) is 0.819. The average molecular weight is 220 g/mol. The van der Waals surface area contributed by atoms with Crippen molar-refractivity contribution in [3.05, 3.63) is 35.9 Å². The maximum atomic E-state index is 11.9. The molecule has 0 aliphatic heterocycles. The first-order chi connectivity index (χ1) is 7.65. The molecule has 1 aromatic carbocycles. The van der Waals surface area contributed by atoms with Crippen molar-refractivity contribution in [2.75, 3.05) is 13.1 Å². The van der Waals surface area contributed by atoms with E-state index in [9.17, 15) is 4.79 Å². The lowest BCUT2D eigenvalue weighted by atomic mass is 10.1. The summed E-state index contributed by atoms with van der Waals surface area (Å²) in [6.45, 7) is 5.60. The molecule has 1 aromatic rings. The van der Waals surface area contributed by atoms with Crippen molar-refractivity contribution in [3.8, 4) is 0 Å². The summed E-state index contributed by atoms with van der Waals surface area (Å²) in [6.07, 6.45) is 0. The van der Waals surface area contributed by atoms with Crippen molar-refractivity contribution in [1.29, 1.82) is 0 Å². The zero-order chi connectivity index (χ0) is 12.0. The summed E-state index contributed by atoms with van der Waals surface area (Å²) < 4.78 is 0. The van der Waals surface area contributed by atoms with E-state index in [0.717, 1.165) is 5.56 Å². The van der Waals surface area contributed by atoms with Crippen LogP contribution in [0.2, 0.25) is 0 Å². The Labute approximate surface area is 97.2 Å². The molecule has 0 saturated carbocycles. The fraction of sp³-hybridized carbons (Fsp3) is 0.462. The lowest BCUT2D eigenvalue weighted by molar-refractivity contribution is -0.134. The number of benzene rings is 1. The van der Waals surface area contributed by atoms with Gasteiger partial charge in [0.05, 0.1) is 0 Å². The largest absolute Gasteiger partial charge is 0.337 e. The molecule has 0 aliphatic carbocycles. The predicted molar refractivity (Wildman–Crippen MR) is 65.8 cm³/mol. The maximum Gasteiger partial charge on any atom is 0.225 e. The van der Waals surface area contributed by atoms with Crippen LogP contribution in [-0.4, -0.2) is 23.9 Å². The SMILES string of the molecule is CC(C)C(=O)N(CCN)Cc1ccccc1. The monoisotopic (exact) mass is 220 g/mol. The van der Waals surface area contributed by atoms with Gasteiger partial charge in [0.2, 0.25) is 5.91 Å². The fourth-order valence-electron chi connectivity index (χ4n) is 1.59. The normalized spacial score (nSPS) is 10.5. The zero-order valence-electron chi connectivity index (χ0n) is 10.0. The summed E-state index contributed by atoms with van der Waals surface area (Å²) in [7, 11) is 0. The third-order valence-electron chi connectivity index (χ3n) is 2.42. The number of nitrogens with two attached hydrogens (primary N) is 1. The lowest BCUT2D eigenvalue weighted by Crippen LogP contribution is -2.37. The van der Waals surface area contributed by atoms with Gasteiger partial charge < -0.3 is 10.6 Å². The number of carbonyl (C=O) groups is 1. The Kier molecular flexibility index (Phi) is 4.99. The van der Waals surface area contributed by atoms with Crippen LogP contribution in [-0.2, 0) is 11.3 Å². The van der Waals surface area contributed by atoms with Gasteiger partial charge in [0, 0.05) is 25.6 Å². The second kappa shape index (κ2) is 6.28. The van der Waals surface area contributed by atoms with Gasteiger partial charge in [0.15, 0.2) is 0 Å². The van der Waals surface area contributed by atoms with Gasteiger partial charge in [-0.3, -0.25) is 4.79 Å². The minimum absolute atomic E-state index is 0.0234. The summed E-state index contributed by atoms with van der Waals surface area (Å²) in [6, 6.07) is 9.99. The first kappa shape index (κ1) is 12.7. The number of amides is 1. The van der Waals surface area contributed by atoms with Crippen LogP contribution in [0, 0.1) is 5.92 Å². The summed E-state index contributed by atoms with van der Waals surface area (Å²) in [4.78, 5) is 13.7. The van der Waals surface area contributed by atoms with E-state index in [0.29, 0.717) is 19.6 Å².